The molecule has 2 rings (SSSR count). The second kappa shape index (κ2) is 8.70. The second-order valence-corrected chi connectivity index (χ2v) is 6.55. The summed E-state index contributed by atoms with van der Waals surface area (Å²) in [6, 6.07) is 5.35. The fourth-order valence-corrected chi connectivity index (χ4v) is 2.77. The summed E-state index contributed by atoms with van der Waals surface area (Å²) in [5.41, 5.74) is 0.785. The molecule has 0 radical (unpaired) electrons. The normalized spacial score (nSPS) is 14.4. The van der Waals surface area contributed by atoms with Gasteiger partial charge in [0, 0.05) is 17.5 Å². The molecule has 1 amide bonds. The first-order valence-corrected chi connectivity index (χ1v) is 9.01. The smallest absolute Gasteiger partial charge is 0.336 e. The van der Waals surface area contributed by atoms with Gasteiger partial charge in [-0.3, -0.25) is 4.79 Å². The third-order valence-electron chi connectivity index (χ3n) is 4.63. The van der Waals surface area contributed by atoms with Crippen molar-refractivity contribution in [3.63, 3.8) is 0 Å². The summed E-state index contributed by atoms with van der Waals surface area (Å²) < 4.78 is 10.8. The number of hydrogen-bond donors (Lipinski definition) is 1. The van der Waals surface area contributed by atoms with Crippen LogP contribution in [-0.2, 0) is 16.0 Å². The van der Waals surface area contributed by atoms with Crippen molar-refractivity contribution in [2.75, 3.05) is 0 Å². The molecule has 146 valence electrons. The van der Waals surface area contributed by atoms with Gasteiger partial charge in [0.1, 0.15) is 11.3 Å². The van der Waals surface area contributed by atoms with Crippen LogP contribution >= 0.6 is 0 Å². The number of nitrogens with one attached hydrogen (secondary N) is 1. The summed E-state index contributed by atoms with van der Waals surface area (Å²) in [5.74, 6) is -1.82. The van der Waals surface area contributed by atoms with Crippen LogP contribution in [0.15, 0.2) is 33.5 Å². The van der Waals surface area contributed by atoms with Crippen LogP contribution in [0.1, 0.15) is 39.7 Å². The average molecular weight is 374 g/mol. The minimum Gasteiger partial charge on any atom is -0.548 e. The van der Waals surface area contributed by atoms with E-state index in [1.54, 1.807) is 25.1 Å². The van der Waals surface area contributed by atoms with Crippen LogP contribution in [0.25, 0.3) is 11.0 Å². The maximum atomic E-state index is 12.3. The van der Waals surface area contributed by atoms with Gasteiger partial charge in [0.2, 0.25) is 0 Å². The number of carbonyl (C=O) groups excluding carboxylic acids is 2. The summed E-state index contributed by atoms with van der Waals surface area (Å²) >= 11 is 0. The standard InChI is InChI=1S/C20H25NO6/c1-5-11(3)18(20(24)25)21-19(23)12(4)26-14-7-8-15-13(6-2)9-17(22)27-16(15)10-14/h7-12,18H,5-6H2,1-4H3,(H,21,23)(H,24,25)/p-1/t11-,12-,18-/m0/s1. The van der Waals surface area contributed by atoms with Gasteiger partial charge >= 0.3 is 5.63 Å². The minimum atomic E-state index is -1.33. The minimum absolute atomic E-state index is 0.270. The molecule has 0 saturated carbocycles. The van der Waals surface area contributed by atoms with Crippen molar-refractivity contribution in [1.29, 1.82) is 0 Å². The first kappa shape index (κ1) is 20.5. The van der Waals surface area contributed by atoms with Gasteiger partial charge in [-0.25, -0.2) is 4.79 Å². The van der Waals surface area contributed by atoms with E-state index in [9.17, 15) is 19.5 Å². The van der Waals surface area contributed by atoms with Gasteiger partial charge in [-0.1, -0.05) is 27.2 Å². The van der Waals surface area contributed by atoms with Gasteiger partial charge in [0.05, 0.1) is 12.0 Å². The van der Waals surface area contributed by atoms with Crippen molar-refractivity contribution < 1.29 is 23.8 Å². The van der Waals surface area contributed by atoms with E-state index in [1.807, 2.05) is 13.8 Å². The Balaban J connectivity index is 2.17. The van der Waals surface area contributed by atoms with Gasteiger partial charge in [0.25, 0.3) is 5.91 Å². The van der Waals surface area contributed by atoms with Crippen molar-refractivity contribution >= 4 is 22.8 Å². The summed E-state index contributed by atoms with van der Waals surface area (Å²) in [5, 5.41) is 14.5. The quantitative estimate of drug-likeness (QED) is 0.700. The van der Waals surface area contributed by atoms with E-state index in [0.717, 1.165) is 10.9 Å². The van der Waals surface area contributed by atoms with Gasteiger partial charge in [0.15, 0.2) is 6.10 Å². The van der Waals surface area contributed by atoms with Crippen molar-refractivity contribution in [1.82, 2.24) is 5.32 Å². The van der Waals surface area contributed by atoms with Crippen LogP contribution in [0.2, 0.25) is 0 Å². The lowest BCUT2D eigenvalue weighted by molar-refractivity contribution is -0.309. The molecule has 1 N–H and O–H groups in total. The highest BCUT2D eigenvalue weighted by Gasteiger charge is 2.23. The summed E-state index contributed by atoms with van der Waals surface area (Å²) in [6.45, 7) is 7.01. The number of carbonyl (C=O) groups is 2. The molecule has 0 saturated heterocycles. The van der Waals surface area contributed by atoms with Crippen LogP contribution in [0.5, 0.6) is 5.75 Å². The van der Waals surface area contributed by atoms with Crippen LogP contribution < -0.4 is 20.8 Å². The number of rotatable bonds is 8. The molecule has 0 aliphatic rings. The number of carboxylic acid groups (broad SMARTS) is 1. The Bertz CT molecular complexity index is 888. The number of benzene rings is 1. The van der Waals surface area contributed by atoms with Crippen LogP contribution in [-0.4, -0.2) is 24.0 Å². The number of hydrogen-bond acceptors (Lipinski definition) is 6. The largest absolute Gasteiger partial charge is 0.548 e. The van der Waals surface area contributed by atoms with Gasteiger partial charge < -0.3 is 24.4 Å². The molecule has 0 spiro atoms. The Morgan fingerprint density at radius 2 is 1.93 bits per heavy atom. The molecule has 1 aromatic carbocycles. The molecule has 0 unspecified atom stereocenters. The highest BCUT2D eigenvalue weighted by atomic mass is 16.5. The van der Waals surface area contributed by atoms with Gasteiger partial charge in [-0.15, -0.1) is 0 Å². The lowest BCUT2D eigenvalue weighted by Gasteiger charge is -2.26. The highest BCUT2D eigenvalue weighted by molar-refractivity contribution is 5.86. The molecule has 0 aliphatic heterocycles. The van der Waals surface area contributed by atoms with E-state index in [0.29, 0.717) is 24.2 Å². The SMILES string of the molecule is CCc1cc(=O)oc2cc(O[C@@H](C)C(=O)N[C@H](C(=O)[O-])[C@@H](C)CC)ccc12. The molecule has 0 aliphatic carbocycles. The maximum Gasteiger partial charge on any atom is 0.336 e. The van der Waals surface area contributed by atoms with E-state index in [4.69, 9.17) is 9.15 Å². The van der Waals surface area contributed by atoms with E-state index < -0.39 is 29.6 Å². The molecular formula is C20H24NO6-. The Kier molecular flexibility index (Phi) is 6.60. The van der Waals surface area contributed by atoms with E-state index in [-0.39, 0.29) is 5.92 Å². The first-order valence-electron chi connectivity index (χ1n) is 9.01. The van der Waals surface area contributed by atoms with Crippen LogP contribution in [0, 0.1) is 5.92 Å². The number of ether oxygens (including phenoxy) is 1. The summed E-state index contributed by atoms with van der Waals surface area (Å²) in [6.07, 6.45) is 0.327. The van der Waals surface area contributed by atoms with Crippen molar-refractivity contribution in [3.05, 3.63) is 40.2 Å². The molecule has 1 heterocycles. The summed E-state index contributed by atoms with van der Waals surface area (Å²) in [7, 11) is 0. The van der Waals surface area contributed by atoms with Crippen LogP contribution in [0.4, 0.5) is 0 Å². The third kappa shape index (κ3) is 4.87. The Hall–Kier alpha value is -2.83. The average Bonchev–Trinajstić information content (AvgIpc) is 2.63. The molecule has 3 atom stereocenters. The molecule has 0 fully saturated rings. The fraction of sp³-hybridized carbons (Fsp3) is 0.450. The fourth-order valence-electron chi connectivity index (χ4n) is 2.77. The molecule has 7 heteroatoms. The molecular weight excluding hydrogens is 350 g/mol. The Morgan fingerprint density at radius 3 is 2.52 bits per heavy atom. The number of aryl methyl sites for hydroxylation is 1. The molecule has 7 nitrogen and oxygen atoms in total. The highest BCUT2D eigenvalue weighted by Crippen LogP contribution is 2.23. The van der Waals surface area contributed by atoms with Crippen molar-refractivity contribution in [2.24, 2.45) is 5.92 Å². The lowest BCUT2D eigenvalue weighted by Crippen LogP contribution is -2.54. The Morgan fingerprint density at radius 1 is 1.22 bits per heavy atom. The molecule has 27 heavy (non-hydrogen) atoms. The monoisotopic (exact) mass is 374 g/mol. The third-order valence-corrected chi connectivity index (χ3v) is 4.63. The predicted octanol–water partition coefficient (Wildman–Crippen LogP) is 1.40. The number of aliphatic carboxylic acids is 1. The topological polar surface area (TPSA) is 109 Å². The van der Waals surface area contributed by atoms with Crippen LogP contribution in [0.3, 0.4) is 0 Å². The van der Waals surface area contributed by atoms with Gasteiger partial charge in [-0.2, -0.15) is 0 Å². The zero-order valence-corrected chi connectivity index (χ0v) is 15.9. The lowest BCUT2D eigenvalue weighted by atomic mass is 9.99. The molecule has 2 aromatic rings. The first-order chi connectivity index (χ1) is 12.8. The zero-order valence-electron chi connectivity index (χ0n) is 15.9. The molecule has 0 bridgehead atoms. The summed E-state index contributed by atoms with van der Waals surface area (Å²) in [4.78, 5) is 35.2. The predicted molar refractivity (Wildman–Crippen MR) is 98.3 cm³/mol. The zero-order chi connectivity index (χ0) is 20.1. The maximum absolute atomic E-state index is 12.3. The molecule has 1 aromatic heterocycles. The van der Waals surface area contributed by atoms with E-state index >= 15 is 0 Å². The number of fused-ring (bicyclic) bond motifs is 1. The number of amides is 1. The van der Waals surface area contributed by atoms with E-state index in [2.05, 4.69) is 5.32 Å². The van der Waals surface area contributed by atoms with E-state index in [1.165, 1.54) is 13.0 Å². The van der Waals surface area contributed by atoms with Crippen molar-refractivity contribution in [3.8, 4) is 5.75 Å². The Labute approximate surface area is 157 Å². The second-order valence-electron chi connectivity index (χ2n) is 6.55. The number of carboxylic acids is 1. The van der Waals surface area contributed by atoms with Crippen molar-refractivity contribution in [2.45, 2.75) is 52.7 Å². The van der Waals surface area contributed by atoms with Gasteiger partial charge in [-0.05, 0) is 37.0 Å².